The molecule has 0 spiro atoms. The van der Waals surface area contributed by atoms with Gasteiger partial charge in [0, 0.05) is 6.54 Å². The molecule has 0 amide bonds. The molecule has 2 aromatic rings. The van der Waals surface area contributed by atoms with Gasteiger partial charge in [0.25, 0.3) is 0 Å². The summed E-state index contributed by atoms with van der Waals surface area (Å²) in [7, 11) is 1.61. The van der Waals surface area contributed by atoms with Crippen molar-refractivity contribution in [2.45, 2.75) is 45.6 Å². The predicted octanol–water partition coefficient (Wildman–Crippen LogP) is 3.71. The molecule has 0 aromatic carbocycles. The minimum Gasteiger partial charge on any atom is -0.479 e. The van der Waals surface area contributed by atoms with E-state index in [1.807, 2.05) is 0 Å². The number of aromatic amines is 1. The van der Waals surface area contributed by atoms with Crippen LogP contribution < -0.4 is 4.74 Å². The third kappa shape index (κ3) is 2.81. The van der Waals surface area contributed by atoms with Crippen molar-refractivity contribution in [3.63, 3.8) is 0 Å². The van der Waals surface area contributed by atoms with Gasteiger partial charge in [-0.15, -0.1) is 0 Å². The second-order valence-corrected chi connectivity index (χ2v) is 6.30. The Morgan fingerprint density at radius 2 is 2.00 bits per heavy atom. The zero-order valence-electron chi connectivity index (χ0n) is 12.6. The number of hydrogen-bond acceptors (Lipinski definition) is 4. The topological polar surface area (TPSA) is 55.7 Å². The van der Waals surface area contributed by atoms with Gasteiger partial charge in [-0.3, -0.25) is 0 Å². The third-order valence-electron chi connectivity index (χ3n) is 4.70. The molecular weight excluding hydrogens is 284 g/mol. The fourth-order valence-electron chi connectivity index (χ4n) is 3.35. The van der Waals surface area contributed by atoms with Crippen LogP contribution in [0.1, 0.15) is 39.0 Å². The lowest BCUT2D eigenvalue weighted by atomic mass is 9.81. The Labute approximate surface area is 129 Å². The van der Waals surface area contributed by atoms with E-state index in [2.05, 4.69) is 26.4 Å². The van der Waals surface area contributed by atoms with Crippen molar-refractivity contribution in [3.05, 3.63) is 11.1 Å². The molecule has 3 rings (SSSR count). The van der Waals surface area contributed by atoms with Crippen molar-refractivity contribution in [2.24, 2.45) is 11.8 Å². The standard InChI is InChI=1S/C15H22N4OS/c1-3-10-4-6-11(7-5-10)8-19-13-12(18-15(19)21)14(20-2)17-9-16-13/h9-11H,3-8H2,1-2H3,(H,18,21). The van der Waals surface area contributed by atoms with E-state index >= 15 is 0 Å². The number of rotatable bonds is 4. The molecule has 1 saturated carbocycles. The number of aromatic nitrogens is 4. The molecule has 6 heteroatoms. The lowest BCUT2D eigenvalue weighted by Crippen LogP contribution is -2.19. The lowest BCUT2D eigenvalue weighted by Gasteiger charge is -2.27. The van der Waals surface area contributed by atoms with Crippen LogP contribution in [0.15, 0.2) is 6.33 Å². The largest absolute Gasteiger partial charge is 0.479 e. The summed E-state index contributed by atoms with van der Waals surface area (Å²) in [6, 6.07) is 0. The molecule has 1 fully saturated rings. The van der Waals surface area contributed by atoms with Gasteiger partial charge in [-0.05, 0) is 36.9 Å². The van der Waals surface area contributed by atoms with Gasteiger partial charge >= 0.3 is 0 Å². The molecule has 0 radical (unpaired) electrons. The van der Waals surface area contributed by atoms with Gasteiger partial charge in [0.15, 0.2) is 10.4 Å². The zero-order chi connectivity index (χ0) is 14.8. The molecule has 1 N–H and O–H groups in total. The van der Waals surface area contributed by atoms with Crippen LogP contribution in [0.25, 0.3) is 11.2 Å². The molecule has 0 saturated heterocycles. The summed E-state index contributed by atoms with van der Waals surface area (Å²) in [6.07, 6.45) is 8.10. The highest BCUT2D eigenvalue weighted by molar-refractivity contribution is 7.71. The summed E-state index contributed by atoms with van der Waals surface area (Å²) in [4.78, 5) is 11.7. The smallest absolute Gasteiger partial charge is 0.242 e. The Kier molecular flexibility index (Phi) is 4.24. The molecular formula is C15H22N4OS. The van der Waals surface area contributed by atoms with Crippen LogP contribution >= 0.6 is 12.2 Å². The molecule has 0 unspecified atom stereocenters. The minimum absolute atomic E-state index is 0.555. The summed E-state index contributed by atoms with van der Waals surface area (Å²) in [5, 5.41) is 0. The second kappa shape index (κ2) is 6.13. The molecule has 5 nitrogen and oxygen atoms in total. The highest BCUT2D eigenvalue weighted by Crippen LogP contribution is 2.32. The SMILES string of the molecule is CCC1CCC(Cn2c(=S)[nH]c3c(OC)ncnc32)CC1. The van der Waals surface area contributed by atoms with Crippen LogP contribution in [0.2, 0.25) is 0 Å². The Morgan fingerprint density at radius 3 is 2.67 bits per heavy atom. The van der Waals surface area contributed by atoms with E-state index in [0.29, 0.717) is 16.6 Å². The number of nitrogens with one attached hydrogen (secondary N) is 1. The first-order valence-electron chi connectivity index (χ1n) is 7.70. The Morgan fingerprint density at radius 1 is 1.29 bits per heavy atom. The molecule has 1 aliphatic carbocycles. The van der Waals surface area contributed by atoms with E-state index in [-0.39, 0.29) is 0 Å². The fourth-order valence-corrected chi connectivity index (χ4v) is 3.61. The summed E-state index contributed by atoms with van der Waals surface area (Å²) in [6.45, 7) is 3.24. The molecule has 114 valence electrons. The second-order valence-electron chi connectivity index (χ2n) is 5.92. The average Bonchev–Trinajstić information content (AvgIpc) is 2.84. The normalized spacial score (nSPS) is 22.6. The number of nitrogens with zero attached hydrogens (tertiary/aromatic N) is 3. The summed E-state index contributed by atoms with van der Waals surface area (Å²) < 4.78 is 8.09. The number of imidazole rings is 1. The van der Waals surface area contributed by atoms with Crippen LogP contribution in [0.5, 0.6) is 5.88 Å². The van der Waals surface area contributed by atoms with Crippen molar-refractivity contribution >= 4 is 23.4 Å². The third-order valence-corrected chi connectivity index (χ3v) is 5.03. The van der Waals surface area contributed by atoms with Crippen LogP contribution in [0.3, 0.4) is 0 Å². The molecule has 1 aliphatic rings. The minimum atomic E-state index is 0.555. The molecule has 0 aliphatic heterocycles. The van der Waals surface area contributed by atoms with E-state index in [0.717, 1.165) is 23.6 Å². The predicted molar refractivity (Wildman–Crippen MR) is 85.0 cm³/mol. The Hall–Kier alpha value is -1.43. The lowest BCUT2D eigenvalue weighted by molar-refractivity contribution is 0.248. The molecule has 21 heavy (non-hydrogen) atoms. The number of hydrogen-bond donors (Lipinski definition) is 1. The van der Waals surface area contributed by atoms with Crippen LogP contribution in [-0.2, 0) is 6.54 Å². The van der Waals surface area contributed by atoms with Crippen LogP contribution in [0.4, 0.5) is 0 Å². The van der Waals surface area contributed by atoms with E-state index in [9.17, 15) is 0 Å². The quantitative estimate of drug-likeness (QED) is 0.875. The van der Waals surface area contributed by atoms with Crippen LogP contribution in [-0.4, -0.2) is 26.6 Å². The molecule has 0 bridgehead atoms. The van der Waals surface area contributed by atoms with Gasteiger partial charge in [0.1, 0.15) is 11.8 Å². The molecule has 2 heterocycles. The van der Waals surface area contributed by atoms with E-state index in [4.69, 9.17) is 17.0 Å². The van der Waals surface area contributed by atoms with Crippen molar-refractivity contribution in [1.29, 1.82) is 0 Å². The molecule has 2 aromatic heterocycles. The van der Waals surface area contributed by atoms with Crippen LogP contribution in [0, 0.1) is 16.6 Å². The first-order chi connectivity index (χ1) is 10.2. The number of ether oxygens (including phenoxy) is 1. The van der Waals surface area contributed by atoms with E-state index in [1.54, 1.807) is 7.11 Å². The maximum atomic E-state index is 5.46. The van der Waals surface area contributed by atoms with Gasteiger partial charge in [-0.25, -0.2) is 4.98 Å². The van der Waals surface area contributed by atoms with Gasteiger partial charge in [0.2, 0.25) is 5.88 Å². The number of fused-ring (bicyclic) bond motifs is 1. The maximum absolute atomic E-state index is 5.46. The Balaban J connectivity index is 1.84. The van der Waals surface area contributed by atoms with Crippen molar-refractivity contribution in [3.8, 4) is 5.88 Å². The number of H-pyrrole nitrogens is 1. The van der Waals surface area contributed by atoms with Gasteiger partial charge in [-0.1, -0.05) is 26.2 Å². The van der Waals surface area contributed by atoms with Crippen molar-refractivity contribution in [2.75, 3.05) is 7.11 Å². The van der Waals surface area contributed by atoms with Gasteiger partial charge in [-0.2, -0.15) is 4.98 Å². The molecule has 0 atom stereocenters. The van der Waals surface area contributed by atoms with E-state index in [1.165, 1.54) is 38.4 Å². The highest BCUT2D eigenvalue weighted by Gasteiger charge is 2.22. The summed E-state index contributed by atoms with van der Waals surface area (Å²) in [5.74, 6) is 2.17. The van der Waals surface area contributed by atoms with Crippen molar-refractivity contribution < 1.29 is 4.74 Å². The first kappa shape index (κ1) is 14.5. The van der Waals surface area contributed by atoms with Gasteiger partial charge in [0.05, 0.1) is 7.11 Å². The monoisotopic (exact) mass is 306 g/mol. The first-order valence-corrected chi connectivity index (χ1v) is 8.11. The van der Waals surface area contributed by atoms with Gasteiger partial charge < -0.3 is 14.3 Å². The number of methoxy groups -OCH3 is 1. The highest BCUT2D eigenvalue weighted by atomic mass is 32.1. The average molecular weight is 306 g/mol. The zero-order valence-corrected chi connectivity index (χ0v) is 13.4. The van der Waals surface area contributed by atoms with E-state index < -0.39 is 0 Å². The maximum Gasteiger partial charge on any atom is 0.242 e. The summed E-state index contributed by atoms with van der Waals surface area (Å²) >= 11 is 5.46. The fraction of sp³-hybridized carbons (Fsp3) is 0.667. The summed E-state index contributed by atoms with van der Waals surface area (Å²) in [5.41, 5.74) is 1.65. The van der Waals surface area contributed by atoms with Crippen molar-refractivity contribution in [1.82, 2.24) is 19.5 Å². The Bertz CT molecular complexity index is 670.